The molecule has 4 rings (SSSR count). The fourth-order valence-corrected chi connectivity index (χ4v) is 3.08. The van der Waals surface area contributed by atoms with E-state index in [1.165, 1.54) is 5.56 Å². The smallest absolute Gasteiger partial charge is 0.167 e. The summed E-state index contributed by atoms with van der Waals surface area (Å²) in [7, 11) is 0. The molecule has 0 aliphatic heterocycles. The van der Waals surface area contributed by atoms with Crippen LogP contribution in [-0.4, -0.2) is 14.6 Å². The summed E-state index contributed by atoms with van der Waals surface area (Å²) < 4.78 is 1.80. The highest BCUT2D eigenvalue weighted by Gasteiger charge is 2.23. The van der Waals surface area contributed by atoms with E-state index in [9.17, 15) is 0 Å². The van der Waals surface area contributed by atoms with Crippen molar-refractivity contribution in [3.63, 3.8) is 0 Å². The van der Waals surface area contributed by atoms with E-state index in [0.29, 0.717) is 0 Å². The molecule has 2 heterocycles. The molecule has 0 atom stereocenters. The van der Waals surface area contributed by atoms with E-state index in [1.807, 2.05) is 16.6 Å². The average molecular weight is 439 g/mol. The van der Waals surface area contributed by atoms with Crippen LogP contribution in [0.1, 0.15) is 19.7 Å². The van der Waals surface area contributed by atoms with Gasteiger partial charge in [-0.15, -0.1) is 5.10 Å². The van der Waals surface area contributed by atoms with Crippen molar-refractivity contribution in [3.05, 3.63) is 78.8 Å². The summed E-state index contributed by atoms with van der Waals surface area (Å²) in [5.41, 5.74) is 5.45. The normalized spacial score (nSPS) is 11.8. The van der Waals surface area contributed by atoms with Gasteiger partial charge < -0.3 is 0 Å². The van der Waals surface area contributed by atoms with E-state index in [-0.39, 0.29) is 3.42 Å². The van der Waals surface area contributed by atoms with Crippen LogP contribution < -0.4 is 0 Å². The monoisotopic (exact) mass is 439 g/mol. The third kappa shape index (κ3) is 3.18. The first-order valence-electron chi connectivity index (χ1n) is 8.23. The molecular formula is C21H18IN3. The quantitative estimate of drug-likeness (QED) is 0.301. The minimum Gasteiger partial charge on any atom is -0.220 e. The zero-order valence-electron chi connectivity index (χ0n) is 14.1. The van der Waals surface area contributed by atoms with Gasteiger partial charge in [0.25, 0.3) is 0 Å². The molecule has 0 unspecified atom stereocenters. The number of fused-ring (bicyclic) bond motifs is 1. The highest BCUT2D eigenvalue weighted by molar-refractivity contribution is 14.1. The minimum atomic E-state index is -0.120. The second-order valence-electron chi connectivity index (χ2n) is 6.55. The largest absolute Gasteiger partial charge is 0.220 e. The number of halogens is 1. The van der Waals surface area contributed by atoms with Crippen LogP contribution in [0.15, 0.2) is 72.9 Å². The number of alkyl halides is 1. The maximum absolute atomic E-state index is 4.84. The standard InChI is InChI=1S/C21H18IN3/c1-21(2,22)20-23-19-18(16-11-7-4-8-12-16)13-17(14-25(19)24-20)15-9-5-3-6-10-15/h3-14H,1-2H3. The van der Waals surface area contributed by atoms with Crippen LogP contribution in [0.5, 0.6) is 0 Å². The second-order valence-corrected chi connectivity index (χ2v) is 9.25. The van der Waals surface area contributed by atoms with Gasteiger partial charge in [0, 0.05) is 17.3 Å². The SMILES string of the molecule is CC(C)(I)c1nc2c(-c3ccccc3)cc(-c3ccccc3)cn2n1. The highest BCUT2D eigenvalue weighted by Crippen LogP contribution is 2.33. The van der Waals surface area contributed by atoms with Crippen LogP contribution in [0.2, 0.25) is 0 Å². The summed E-state index contributed by atoms with van der Waals surface area (Å²) in [6.07, 6.45) is 2.07. The summed E-state index contributed by atoms with van der Waals surface area (Å²) in [5, 5.41) is 4.75. The van der Waals surface area contributed by atoms with Crippen molar-refractivity contribution in [1.82, 2.24) is 14.6 Å². The molecule has 4 aromatic rings. The predicted octanol–water partition coefficient (Wildman–Crippen LogP) is 5.73. The molecule has 0 amide bonds. The number of aromatic nitrogens is 3. The average Bonchev–Trinajstić information content (AvgIpc) is 3.07. The van der Waals surface area contributed by atoms with Crippen molar-refractivity contribution in [3.8, 4) is 22.3 Å². The van der Waals surface area contributed by atoms with Gasteiger partial charge in [-0.05, 0) is 31.0 Å². The molecule has 4 heteroatoms. The van der Waals surface area contributed by atoms with Crippen molar-refractivity contribution < 1.29 is 0 Å². The van der Waals surface area contributed by atoms with Crippen LogP contribution in [0, 0.1) is 0 Å². The second kappa shape index (κ2) is 6.26. The Kier molecular flexibility index (Phi) is 4.07. The molecule has 124 valence electrons. The Bertz CT molecular complexity index is 1020. The Morgan fingerprint density at radius 1 is 0.840 bits per heavy atom. The Morgan fingerprint density at radius 3 is 2.04 bits per heavy atom. The van der Waals surface area contributed by atoms with E-state index in [1.54, 1.807) is 0 Å². The molecule has 0 radical (unpaired) electrons. The molecule has 0 fully saturated rings. The minimum absolute atomic E-state index is 0.120. The maximum Gasteiger partial charge on any atom is 0.167 e. The summed E-state index contributed by atoms with van der Waals surface area (Å²) in [6.45, 7) is 4.26. The third-order valence-electron chi connectivity index (χ3n) is 4.16. The van der Waals surface area contributed by atoms with Crippen molar-refractivity contribution in [2.24, 2.45) is 0 Å². The molecule has 2 aromatic carbocycles. The van der Waals surface area contributed by atoms with Crippen LogP contribution in [0.25, 0.3) is 27.9 Å². The van der Waals surface area contributed by atoms with E-state index < -0.39 is 0 Å². The summed E-state index contributed by atoms with van der Waals surface area (Å²) in [4.78, 5) is 4.84. The fourth-order valence-electron chi connectivity index (χ4n) is 2.86. The number of pyridine rings is 1. The third-order valence-corrected chi connectivity index (χ3v) is 4.64. The van der Waals surface area contributed by atoms with Crippen molar-refractivity contribution in [2.75, 3.05) is 0 Å². The lowest BCUT2D eigenvalue weighted by atomic mass is 10.0. The van der Waals surface area contributed by atoms with E-state index >= 15 is 0 Å². The summed E-state index contributed by atoms with van der Waals surface area (Å²) >= 11 is 2.39. The molecule has 2 aromatic heterocycles. The first-order valence-corrected chi connectivity index (χ1v) is 9.31. The number of hydrogen-bond acceptors (Lipinski definition) is 2. The Hall–Kier alpha value is -2.21. The Balaban J connectivity index is 2.01. The molecule has 3 nitrogen and oxygen atoms in total. The van der Waals surface area contributed by atoms with Gasteiger partial charge in [-0.1, -0.05) is 83.3 Å². The molecule has 0 N–H and O–H groups in total. The van der Waals surface area contributed by atoms with E-state index in [2.05, 4.69) is 97.2 Å². The van der Waals surface area contributed by atoms with Crippen LogP contribution >= 0.6 is 22.6 Å². The van der Waals surface area contributed by atoms with Crippen molar-refractivity contribution in [1.29, 1.82) is 0 Å². The Morgan fingerprint density at radius 2 is 1.44 bits per heavy atom. The molecule has 0 saturated heterocycles. The van der Waals surface area contributed by atoms with Crippen LogP contribution in [0.4, 0.5) is 0 Å². The zero-order chi connectivity index (χ0) is 17.4. The van der Waals surface area contributed by atoms with Crippen molar-refractivity contribution in [2.45, 2.75) is 17.3 Å². The van der Waals surface area contributed by atoms with E-state index in [4.69, 9.17) is 10.1 Å². The lowest BCUT2D eigenvalue weighted by molar-refractivity contribution is 0.737. The lowest BCUT2D eigenvalue weighted by Crippen LogP contribution is -2.09. The van der Waals surface area contributed by atoms with Crippen molar-refractivity contribution >= 4 is 28.2 Å². The Labute approximate surface area is 160 Å². The predicted molar refractivity (Wildman–Crippen MR) is 111 cm³/mol. The molecule has 0 aliphatic rings. The zero-order valence-corrected chi connectivity index (χ0v) is 16.3. The topological polar surface area (TPSA) is 30.2 Å². The van der Waals surface area contributed by atoms with Gasteiger partial charge in [0.2, 0.25) is 0 Å². The highest BCUT2D eigenvalue weighted by atomic mass is 127. The first kappa shape index (κ1) is 16.3. The van der Waals surface area contributed by atoms with Crippen LogP contribution in [0.3, 0.4) is 0 Å². The first-order chi connectivity index (χ1) is 12.0. The van der Waals surface area contributed by atoms with Gasteiger partial charge >= 0.3 is 0 Å². The molecule has 0 spiro atoms. The molecule has 0 bridgehead atoms. The molecule has 0 aliphatic carbocycles. The fraction of sp³-hybridized carbons (Fsp3) is 0.143. The summed E-state index contributed by atoms with van der Waals surface area (Å²) in [5.74, 6) is 0.843. The number of nitrogens with zero attached hydrogens (tertiary/aromatic N) is 3. The van der Waals surface area contributed by atoms with Gasteiger partial charge in [0.15, 0.2) is 11.5 Å². The van der Waals surface area contributed by atoms with Gasteiger partial charge in [0.1, 0.15) is 0 Å². The van der Waals surface area contributed by atoms with E-state index in [0.717, 1.165) is 28.2 Å². The number of rotatable bonds is 3. The van der Waals surface area contributed by atoms with Gasteiger partial charge in [-0.3, -0.25) is 0 Å². The van der Waals surface area contributed by atoms with Gasteiger partial charge in [0.05, 0.1) is 3.42 Å². The lowest BCUT2D eigenvalue weighted by Gasteiger charge is -2.09. The molecule has 25 heavy (non-hydrogen) atoms. The van der Waals surface area contributed by atoms with Crippen LogP contribution in [-0.2, 0) is 3.42 Å². The number of hydrogen-bond donors (Lipinski definition) is 0. The molecule has 0 saturated carbocycles. The summed E-state index contributed by atoms with van der Waals surface area (Å²) in [6, 6.07) is 23.0. The molecular weight excluding hydrogens is 421 g/mol. The maximum atomic E-state index is 4.84. The number of benzene rings is 2. The van der Waals surface area contributed by atoms with Gasteiger partial charge in [-0.2, -0.15) is 0 Å². The van der Waals surface area contributed by atoms with Gasteiger partial charge in [-0.25, -0.2) is 9.50 Å².